The maximum atomic E-state index is 6.12. The number of benzene rings is 2. The molecule has 0 aliphatic carbocycles. The molecule has 0 amide bonds. The van der Waals surface area contributed by atoms with Crippen LogP contribution in [0.5, 0.6) is 0 Å². The Labute approximate surface area is 125 Å². The summed E-state index contributed by atoms with van der Waals surface area (Å²) < 4.78 is 2.81. The topological polar surface area (TPSA) is 52.0 Å². The van der Waals surface area contributed by atoms with Gasteiger partial charge < -0.3 is 0 Å². The Morgan fingerprint density at radius 3 is 1.42 bits per heavy atom. The molecule has 0 saturated carbocycles. The van der Waals surface area contributed by atoms with Crippen LogP contribution in [0.2, 0.25) is 0 Å². The Morgan fingerprint density at radius 2 is 1.05 bits per heavy atom. The molecule has 2 rings (SSSR count). The third kappa shape index (κ3) is 2.73. The molecule has 2 nitrogen and oxygen atoms in total. The molecule has 0 aliphatic heterocycles. The van der Waals surface area contributed by atoms with Gasteiger partial charge in [0.05, 0.1) is 0 Å². The molecule has 100 valence electrons. The van der Waals surface area contributed by atoms with E-state index in [9.17, 15) is 0 Å². The van der Waals surface area contributed by atoms with E-state index in [-0.39, 0.29) is 0 Å². The van der Waals surface area contributed by atoms with Gasteiger partial charge in [-0.05, 0) is 0 Å². The molecule has 0 fully saturated rings. The van der Waals surface area contributed by atoms with Crippen LogP contribution in [-0.4, -0.2) is 20.9 Å². The first kappa shape index (κ1) is 14.2. The van der Waals surface area contributed by atoms with Crippen LogP contribution in [0.25, 0.3) is 0 Å². The van der Waals surface area contributed by atoms with Crippen LogP contribution >= 0.6 is 0 Å². The van der Waals surface area contributed by atoms with Gasteiger partial charge in [-0.2, -0.15) is 0 Å². The first-order valence-corrected chi connectivity index (χ1v) is 8.64. The fourth-order valence-electron chi connectivity index (χ4n) is 2.03. The van der Waals surface area contributed by atoms with Gasteiger partial charge in [-0.25, -0.2) is 0 Å². The van der Waals surface area contributed by atoms with Crippen molar-refractivity contribution in [2.24, 2.45) is 0 Å². The predicted molar refractivity (Wildman–Crippen MR) is 85.7 cm³/mol. The summed E-state index contributed by atoms with van der Waals surface area (Å²) in [6.45, 7) is 8.36. The van der Waals surface area contributed by atoms with Gasteiger partial charge in [0.1, 0.15) is 0 Å². The predicted octanol–water partition coefficient (Wildman–Crippen LogP) is 1.74. The van der Waals surface area contributed by atoms with E-state index in [2.05, 4.69) is 52.0 Å². The SMILES string of the molecule is Cc1ccc([Te]c2ccc(C)c(N)c2C)c(C)c1N. The summed E-state index contributed by atoms with van der Waals surface area (Å²) in [6, 6.07) is 8.68. The second kappa shape index (κ2) is 5.45. The van der Waals surface area contributed by atoms with Crippen LogP contribution in [0.3, 0.4) is 0 Å². The van der Waals surface area contributed by atoms with Crippen LogP contribution in [0.4, 0.5) is 11.4 Å². The van der Waals surface area contributed by atoms with Crippen molar-refractivity contribution in [1.29, 1.82) is 0 Å². The summed E-state index contributed by atoms with van der Waals surface area (Å²) >= 11 is -0.437. The molecule has 2 aromatic carbocycles. The standard InChI is InChI=1S/C16H20N2Te/c1-9-5-7-13(11(3)15(9)17)19-14-8-6-10(2)16(18)12(14)4/h5-8H,17-18H2,1-4H3. The molecule has 0 heterocycles. The first-order chi connectivity index (χ1) is 8.91. The zero-order valence-electron chi connectivity index (χ0n) is 11.9. The zero-order chi connectivity index (χ0) is 14.2. The average Bonchev–Trinajstić information content (AvgIpc) is 2.39. The van der Waals surface area contributed by atoms with E-state index in [1.807, 2.05) is 0 Å². The van der Waals surface area contributed by atoms with Gasteiger partial charge in [0.25, 0.3) is 0 Å². The number of nitrogen functional groups attached to an aromatic ring is 2. The normalized spacial score (nSPS) is 10.7. The molecular formula is C16H20N2Te. The summed E-state index contributed by atoms with van der Waals surface area (Å²) in [6.07, 6.45) is 0. The molecule has 0 aromatic heterocycles. The van der Waals surface area contributed by atoms with E-state index >= 15 is 0 Å². The molecule has 0 bridgehead atoms. The molecule has 0 radical (unpaired) electrons. The summed E-state index contributed by atoms with van der Waals surface area (Å²) in [5.41, 5.74) is 18.9. The van der Waals surface area contributed by atoms with E-state index in [0.717, 1.165) is 22.5 Å². The van der Waals surface area contributed by atoms with Gasteiger partial charge in [-0.15, -0.1) is 0 Å². The zero-order valence-corrected chi connectivity index (χ0v) is 14.2. The number of aryl methyl sites for hydroxylation is 2. The van der Waals surface area contributed by atoms with E-state index in [0.29, 0.717) is 0 Å². The third-order valence-corrected chi connectivity index (χ3v) is 7.37. The molecule has 19 heavy (non-hydrogen) atoms. The van der Waals surface area contributed by atoms with Crippen molar-refractivity contribution in [2.75, 3.05) is 11.5 Å². The minimum absolute atomic E-state index is 0.437. The first-order valence-electron chi connectivity index (χ1n) is 6.31. The molecule has 0 spiro atoms. The Morgan fingerprint density at radius 1 is 0.684 bits per heavy atom. The van der Waals surface area contributed by atoms with E-state index in [4.69, 9.17) is 11.5 Å². The van der Waals surface area contributed by atoms with Crippen molar-refractivity contribution < 1.29 is 0 Å². The molecule has 0 aliphatic rings. The van der Waals surface area contributed by atoms with Crippen molar-refractivity contribution in [3.63, 3.8) is 0 Å². The Balaban J connectivity index is 2.43. The number of hydrogen-bond donors (Lipinski definition) is 2. The summed E-state index contributed by atoms with van der Waals surface area (Å²) in [5, 5.41) is 0. The Kier molecular flexibility index (Phi) is 4.08. The third-order valence-electron chi connectivity index (χ3n) is 3.59. The number of rotatable bonds is 2. The molecular weight excluding hydrogens is 348 g/mol. The fraction of sp³-hybridized carbons (Fsp3) is 0.250. The van der Waals surface area contributed by atoms with Crippen LogP contribution in [0.1, 0.15) is 22.3 Å². The molecule has 0 saturated heterocycles. The summed E-state index contributed by atoms with van der Waals surface area (Å²) in [5.74, 6) is 0. The van der Waals surface area contributed by atoms with Gasteiger partial charge in [0.2, 0.25) is 0 Å². The minimum atomic E-state index is -0.437. The van der Waals surface area contributed by atoms with Crippen LogP contribution in [0.15, 0.2) is 24.3 Å². The number of nitrogens with two attached hydrogens (primary N) is 2. The summed E-state index contributed by atoms with van der Waals surface area (Å²) in [4.78, 5) is 0. The fourth-order valence-corrected chi connectivity index (χ4v) is 4.98. The molecule has 0 unspecified atom stereocenters. The van der Waals surface area contributed by atoms with Gasteiger partial charge in [-0.1, -0.05) is 0 Å². The van der Waals surface area contributed by atoms with Crippen LogP contribution < -0.4 is 18.7 Å². The van der Waals surface area contributed by atoms with Crippen molar-refractivity contribution in [1.82, 2.24) is 0 Å². The van der Waals surface area contributed by atoms with Gasteiger partial charge in [-0.3, -0.25) is 0 Å². The number of hydrogen-bond acceptors (Lipinski definition) is 2. The quantitative estimate of drug-likeness (QED) is 0.627. The van der Waals surface area contributed by atoms with E-state index < -0.39 is 20.9 Å². The van der Waals surface area contributed by atoms with Crippen molar-refractivity contribution in [2.45, 2.75) is 27.7 Å². The molecule has 3 heteroatoms. The van der Waals surface area contributed by atoms with E-state index in [1.54, 1.807) is 0 Å². The van der Waals surface area contributed by atoms with Crippen molar-refractivity contribution in [3.05, 3.63) is 46.5 Å². The average molecular weight is 368 g/mol. The van der Waals surface area contributed by atoms with Gasteiger partial charge in [0.15, 0.2) is 0 Å². The van der Waals surface area contributed by atoms with E-state index in [1.165, 1.54) is 18.3 Å². The van der Waals surface area contributed by atoms with Crippen LogP contribution in [-0.2, 0) is 0 Å². The molecule has 0 atom stereocenters. The number of anilines is 2. The van der Waals surface area contributed by atoms with Crippen molar-refractivity contribution >= 4 is 39.5 Å². The Bertz CT molecular complexity index is 578. The Hall–Kier alpha value is -1.17. The summed E-state index contributed by atoms with van der Waals surface area (Å²) in [7, 11) is 0. The van der Waals surface area contributed by atoms with Crippen LogP contribution in [0, 0.1) is 27.7 Å². The van der Waals surface area contributed by atoms with Crippen molar-refractivity contribution in [3.8, 4) is 0 Å². The molecule has 4 N–H and O–H groups in total. The van der Waals surface area contributed by atoms with Gasteiger partial charge in [0, 0.05) is 0 Å². The van der Waals surface area contributed by atoms with Gasteiger partial charge >= 0.3 is 125 Å². The maximum absolute atomic E-state index is 6.12. The monoisotopic (exact) mass is 370 g/mol. The second-order valence-electron chi connectivity index (χ2n) is 4.94. The second-order valence-corrected chi connectivity index (χ2v) is 8.03. The molecule has 2 aromatic rings.